The third kappa shape index (κ3) is 12.7. The Bertz CT molecular complexity index is 1350. The topological polar surface area (TPSA) is 131 Å². The molecule has 3 rings (SSSR count). The molecule has 8 heteroatoms. The van der Waals surface area contributed by atoms with Crippen LogP contribution in [0.25, 0.3) is 6.08 Å². The molecule has 0 fully saturated rings. The number of carbonyl (C=O) groups excluding carboxylic acids is 3. The van der Waals surface area contributed by atoms with Crippen LogP contribution < -0.4 is 16.2 Å². The molecular formula is C36H44N2O6. The van der Waals surface area contributed by atoms with E-state index in [1.807, 2.05) is 24.3 Å². The van der Waals surface area contributed by atoms with Gasteiger partial charge >= 0.3 is 17.9 Å². The van der Waals surface area contributed by atoms with Crippen molar-refractivity contribution in [3.05, 3.63) is 95.1 Å². The largest absolute Gasteiger partial charge is 0.462 e. The maximum absolute atomic E-state index is 12.4. The molecule has 0 radical (unpaired) electrons. The van der Waals surface area contributed by atoms with Crippen LogP contribution in [-0.4, -0.2) is 31.1 Å². The lowest BCUT2D eigenvalue weighted by molar-refractivity contribution is -0.128. The molecular weight excluding hydrogens is 556 g/mol. The van der Waals surface area contributed by atoms with Gasteiger partial charge in [-0.2, -0.15) is 0 Å². The number of ether oxygens (including phenoxy) is 3. The SMILES string of the molecule is CCCCCc1ccc(OC(=O)C=Cc2ccc(C(=O)OCCCCCCCCOC(=O)c3cc(N)cc(N)c3)cc2)cc1. The Morgan fingerprint density at radius 1 is 0.659 bits per heavy atom. The second kappa shape index (κ2) is 18.8. The van der Waals surface area contributed by atoms with Crippen molar-refractivity contribution in [1.82, 2.24) is 0 Å². The monoisotopic (exact) mass is 600 g/mol. The number of hydrogen-bond acceptors (Lipinski definition) is 8. The molecule has 0 saturated carbocycles. The van der Waals surface area contributed by atoms with Crippen LogP contribution >= 0.6 is 0 Å². The summed E-state index contributed by atoms with van der Waals surface area (Å²) in [5, 5.41) is 0. The Morgan fingerprint density at radius 2 is 1.23 bits per heavy atom. The maximum atomic E-state index is 12.4. The molecule has 0 amide bonds. The van der Waals surface area contributed by atoms with Gasteiger partial charge in [-0.1, -0.05) is 69.7 Å². The lowest BCUT2D eigenvalue weighted by Crippen LogP contribution is -2.08. The Kier molecular flexibility index (Phi) is 14.5. The Morgan fingerprint density at radius 3 is 1.82 bits per heavy atom. The molecule has 44 heavy (non-hydrogen) atoms. The smallest absolute Gasteiger partial charge is 0.338 e. The quantitative estimate of drug-likeness (QED) is 0.0503. The summed E-state index contributed by atoms with van der Waals surface area (Å²) < 4.78 is 16.1. The minimum atomic E-state index is -0.462. The van der Waals surface area contributed by atoms with Crippen molar-refractivity contribution >= 4 is 35.4 Å². The van der Waals surface area contributed by atoms with E-state index in [1.54, 1.807) is 48.5 Å². The van der Waals surface area contributed by atoms with Gasteiger partial charge in [-0.25, -0.2) is 14.4 Å². The van der Waals surface area contributed by atoms with E-state index in [9.17, 15) is 14.4 Å². The molecule has 0 aliphatic heterocycles. The Hall–Kier alpha value is -4.59. The molecule has 0 saturated heterocycles. The summed E-state index contributed by atoms with van der Waals surface area (Å²) in [6.45, 7) is 2.88. The van der Waals surface area contributed by atoms with Gasteiger partial charge < -0.3 is 25.7 Å². The van der Waals surface area contributed by atoms with Crippen LogP contribution in [0.5, 0.6) is 5.75 Å². The van der Waals surface area contributed by atoms with Crippen LogP contribution in [0, 0.1) is 0 Å². The standard InChI is InChI=1S/C36H44N2O6/c1-2-3-8-11-27-14-19-33(20-15-27)44-34(39)21-16-28-12-17-29(18-13-28)35(40)42-22-9-6-4-5-7-10-23-43-36(41)30-24-31(37)26-32(38)25-30/h12-21,24-26H,2-11,22-23,37-38H2,1H3. The number of hydrogen-bond donors (Lipinski definition) is 2. The van der Waals surface area contributed by atoms with Gasteiger partial charge in [0.2, 0.25) is 0 Å². The van der Waals surface area contributed by atoms with Crippen molar-refractivity contribution in [3.63, 3.8) is 0 Å². The highest BCUT2D eigenvalue weighted by Gasteiger charge is 2.09. The average molecular weight is 601 g/mol. The van der Waals surface area contributed by atoms with Crippen LogP contribution in [0.1, 0.15) is 96.6 Å². The maximum Gasteiger partial charge on any atom is 0.338 e. The Balaban J connectivity index is 1.24. The molecule has 0 spiro atoms. The zero-order valence-corrected chi connectivity index (χ0v) is 25.6. The summed E-state index contributed by atoms with van der Waals surface area (Å²) in [5.41, 5.74) is 15.1. The van der Waals surface area contributed by atoms with E-state index >= 15 is 0 Å². The molecule has 0 unspecified atom stereocenters. The van der Waals surface area contributed by atoms with Crippen LogP contribution in [-0.2, 0) is 20.7 Å². The molecule has 0 aliphatic rings. The summed E-state index contributed by atoms with van der Waals surface area (Å²) in [7, 11) is 0. The fraction of sp³-hybridized carbons (Fsp3) is 0.361. The second-order valence-corrected chi connectivity index (χ2v) is 10.8. The van der Waals surface area contributed by atoms with Gasteiger partial charge in [-0.3, -0.25) is 0 Å². The van der Waals surface area contributed by atoms with Crippen molar-refractivity contribution < 1.29 is 28.6 Å². The van der Waals surface area contributed by atoms with Crippen LogP contribution in [0.15, 0.2) is 72.8 Å². The fourth-order valence-corrected chi connectivity index (χ4v) is 4.55. The number of rotatable bonds is 18. The summed E-state index contributed by atoms with van der Waals surface area (Å²) in [6, 6.07) is 19.2. The number of carbonyl (C=O) groups is 3. The highest BCUT2D eigenvalue weighted by atomic mass is 16.5. The first-order chi connectivity index (χ1) is 21.3. The molecule has 234 valence electrons. The molecule has 0 aromatic heterocycles. The van der Waals surface area contributed by atoms with E-state index in [2.05, 4.69) is 6.92 Å². The lowest BCUT2D eigenvalue weighted by Gasteiger charge is -2.07. The number of anilines is 2. The lowest BCUT2D eigenvalue weighted by atomic mass is 10.1. The first-order valence-electron chi connectivity index (χ1n) is 15.4. The van der Waals surface area contributed by atoms with Crippen molar-refractivity contribution in [3.8, 4) is 5.75 Å². The number of esters is 3. The van der Waals surface area contributed by atoms with E-state index in [-0.39, 0.29) is 5.97 Å². The zero-order chi connectivity index (χ0) is 31.6. The van der Waals surface area contributed by atoms with Gasteiger partial charge in [-0.15, -0.1) is 0 Å². The van der Waals surface area contributed by atoms with Crippen LogP contribution in [0.4, 0.5) is 11.4 Å². The van der Waals surface area contributed by atoms with Gasteiger partial charge in [0.25, 0.3) is 0 Å². The number of nitrogen functional groups attached to an aromatic ring is 2. The minimum Gasteiger partial charge on any atom is -0.462 e. The molecule has 0 aliphatic carbocycles. The van der Waals surface area contributed by atoms with Gasteiger partial charge in [0.05, 0.1) is 24.3 Å². The first kappa shape index (κ1) is 33.9. The molecule has 8 nitrogen and oxygen atoms in total. The predicted molar refractivity (Wildman–Crippen MR) is 174 cm³/mol. The van der Waals surface area contributed by atoms with E-state index in [4.69, 9.17) is 25.7 Å². The highest BCUT2D eigenvalue weighted by molar-refractivity contribution is 5.92. The van der Waals surface area contributed by atoms with Gasteiger partial charge in [0.1, 0.15) is 5.75 Å². The fourth-order valence-electron chi connectivity index (χ4n) is 4.55. The normalized spacial score (nSPS) is 10.9. The van der Waals surface area contributed by atoms with Crippen LogP contribution in [0.2, 0.25) is 0 Å². The summed E-state index contributed by atoms with van der Waals surface area (Å²) in [5.74, 6) is -0.749. The molecule has 0 heterocycles. The summed E-state index contributed by atoms with van der Waals surface area (Å²) in [6.07, 6.45) is 13.0. The van der Waals surface area contributed by atoms with Gasteiger partial charge in [0, 0.05) is 17.5 Å². The summed E-state index contributed by atoms with van der Waals surface area (Å²) in [4.78, 5) is 36.6. The van der Waals surface area contributed by atoms with E-state index in [1.165, 1.54) is 24.5 Å². The highest BCUT2D eigenvalue weighted by Crippen LogP contribution is 2.17. The van der Waals surface area contributed by atoms with Crippen molar-refractivity contribution in [2.24, 2.45) is 0 Å². The molecule has 0 atom stereocenters. The predicted octanol–water partition coefficient (Wildman–Crippen LogP) is 7.56. The van der Waals surface area contributed by atoms with Gasteiger partial charge in [0.15, 0.2) is 0 Å². The van der Waals surface area contributed by atoms with Gasteiger partial charge in [-0.05, 0) is 85.4 Å². The number of unbranched alkanes of at least 4 members (excludes halogenated alkanes) is 7. The van der Waals surface area contributed by atoms with Crippen LogP contribution in [0.3, 0.4) is 0 Å². The molecule has 3 aromatic carbocycles. The molecule has 4 N–H and O–H groups in total. The molecule has 3 aromatic rings. The second-order valence-electron chi connectivity index (χ2n) is 10.8. The van der Waals surface area contributed by atoms with E-state index in [0.29, 0.717) is 41.5 Å². The van der Waals surface area contributed by atoms with E-state index < -0.39 is 11.9 Å². The summed E-state index contributed by atoms with van der Waals surface area (Å²) >= 11 is 0. The number of aryl methyl sites for hydroxylation is 1. The minimum absolute atomic E-state index is 0.345. The molecule has 0 bridgehead atoms. The third-order valence-corrected chi connectivity index (χ3v) is 6.99. The first-order valence-corrected chi connectivity index (χ1v) is 15.4. The van der Waals surface area contributed by atoms with Crippen molar-refractivity contribution in [2.45, 2.75) is 71.1 Å². The third-order valence-electron chi connectivity index (χ3n) is 6.99. The van der Waals surface area contributed by atoms with Crippen molar-refractivity contribution in [1.29, 1.82) is 0 Å². The average Bonchev–Trinajstić information content (AvgIpc) is 3.01. The van der Waals surface area contributed by atoms with Crippen molar-refractivity contribution in [2.75, 3.05) is 24.7 Å². The zero-order valence-electron chi connectivity index (χ0n) is 25.6. The Labute approximate surface area is 260 Å². The number of benzene rings is 3. The number of nitrogens with two attached hydrogens (primary N) is 2. The van der Waals surface area contributed by atoms with E-state index in [0.717, 1.165) is 56.9 Å².